The van der Waals surface area contributed by atoms with Crippen LogP contribution in [0.15, 0.2) is 44.8 Å². The van der Waals surface area contributed by atoms with Crippen LogP contribution in [0, 0.1) is 0 Å². The molecule has 34 heavy (non-hydrogen) atoms. The fraction of sp³-hybridized carbons (Fsp3) is 0.381. The van der Waals surface area contributed by atoms with Crippen LogP contribution in [-0.2, 0) is 28.1 Å². The Hall–Kier alpha value is -2.41. The lowest BCUT2D eigenvalue weighted by molar-refractivity contribution is -0.144. The molecule has 1 aromatic carbocycles. The number of hydrogen-bond donors (Lipinski definition) is 0. The summed E-state index contributed by atoms with van der Waals surface area (Å²) in [7, 11) is -1.95. The lowest BCUT2D eigenvalue weighted by Gasteiger charge is -2.19. The Morgan fingerprint density at radius 2 is 1.79 bits per heavy atom. The summed E-state index contributed by atoms with van der Waals surface area (Å²) >= 11 is 0.338. The van der Waals surface area contributed by atoms with E-state index in [2.05, 4.69) is 9.38 Å². The zero-order valence-corrected chi connectivity index (χ0v) is 20.0. The van der Waals surface area contributed by atoms with E-state index in [1.165, 1.54) is 25.3 Å². The Labute approximate surface area is 198 Å². The molecule has 0 aliphatic heterocycles. The molecule has 1 unspecified atom stereocenters. The highest BCUT2D eigenvalue weighted by Gasteiger charge is 2.40. The number of carbonyl (C=O) groups is 1. The molecule has 0 amide bonds. The van der Waals surface area contributed by atoms with Crippen LogP contribution in [0.2, 0.25) is 0 Å². The predicted molar refractivity (Wildman–Crippen MR) is 116 cm³/mol. The van der Waals surface area contributed by atoms with Crippen molar-refractivity contribution in [1.29, 1.82) is 0 Å². The van der Waals surface area contributed by atoms with Crippen LogP contribution in [0.25, 0.3) is 0 Å². The topological polar surface area (TPSA) is 68.6 Å². The second kappa shape index (κ2) is 10.5. The van der Waals surface area contributed by atoms with Gasteiger partial charge in [-0.25, -0.2) is 14.0 Å². The van der Waals surface area contributed by atoms with E-state index in [4.69, 9.17) is 4.74 Å². The highest BCUT2D eigenvalue weighted by atomic mass is 32.2. The molecule has 0 saturated carbocycles. The predicted octanol–water partition coefficient (Wildman–Crippen LogP) is 6.33. The fourth-order valence-electron chi connectivity index (χ4n) is 2.43. The minimum Gasteiger partial charge on any atom is -0.462 e. The third kappa shape index (κ3) is 7.05. The normalized spacial score (nSPS) is 13.8. The fourth-order valence-corrected chi connectivity index (χ4v) is 4.04. The van der Waals surface area contributed by atoms with Gasteiger partial charge in [-0.2, -0.15) is 30.7 Å². The number of rotatable bonds is 6. The van der Waals surface area contributed by atoms with Gasteiger partial charge in [-0.15, -0.1) is 0 Å². The van der Waals surface area contributed by atoms with Crippen LogP contribution in [0.3, 0.4) is 0 Å². The molecule has 0 aliphatic rings. The van der Waals surface area contributed by atoms with Crippen molar-refractivity contribution in [2.24, 2.45) is 4.40 Å². The highest BCUT2D eigenvalue weighted by molar-refractivity contribution is 7.99. The molecular weight excluding hydrogens is 506 g/mol. The van der Waals surface area contributed by atoms with Crippen LogP contribution in [0.1, 0.15) is 54.7 Å². The number of hydrogen-bond acceptors (Lipinski definition) is 5. The van der Waals surface area contributed by atoms with Gasteiger partial charge in [0.15, 0.2) is 0 Å². The van der Waals surface area contributed by atoms with E-state index >= 15 is 0 Å². The second-order valence-corrected chi connectivity index (χ2v) is 10.6. The molecule has 5 nitrogen and oxygen atoms in total. The van der Waals surface area contributed by atoms with Gasteiger partial charge in [0.2, 0.25) is 0 Å². The van der Waals surface area contributed by atoms with E-state index in [1.54, 1.807) is 20.8 Å². The van der Waals surface area contributed by atoms with Crippen LogP contribution < -0.4 is 0 Å². The number of pyridine rings is 1. The maximum Gasteiger partial charge on any atom is 0.417 e. The third-order valence-electron chi connectivity index (χ3n) is 4.03. The zero-order chi connectivity index (χ0) is 25.9. The van der Waals surface area contributed by atoms with Gasteiger partial charge < -0.3 is 4.74 Å². The van der Waals surface area contributed by atoms with Gasteiger partial charge in [0.05, 0.1) is 28.0 Å². The molecule has 1 aromatic heterocycles. The molecule has 13 heteroatoms. The van der Waals surface area contributed by atoms with Crippen molar-refractivity contribution in [2.45, 2.75) is 54.7 Å². The Morgan fingerprint density at radius 1 is 1.15 bits per heavy atom. The Bertz CT molecular complexity index is 1110. The van der Waals surface area contributed by atoms with Gasteiger partial charge in [-0.1, -0.05) is 11.8 Å². The van der Waals surface area contributed by atoms with Crippen LogP contribution in [0.5, 0.6) is 0 Å². The Morgan fingerprint density at radius 3 is 2.32 bits per heavy atom. The number of benzene rings is 1. The molecule has 2 aromatic rings. The summed E-state index contributed by atoms with van der Waals surface area (Å²) in [6, 6.07) is 3.09. The standard InChI is InChI=1S/C21H20F6N2O3S2/c1-5-32-18(30)14-7-6-8-28-17(14)33-16-12(11-29-34(31)19(2,3)4)9-13(20(22,23)24)10-15(16)21(25,26)27/h6-11H,5H2,1-4H3/b29-11+. The number of carbonyl (C=O) groups excluding carboxylic acids is 1. The zero-order valence-electron chi connectivity index (χ0n) is 18.4. The second-order valence-electron chi connectivity index (χ2n) is 7.71. The van der Waals surface area contributed by atoms with Gasteiger partial charge >= 0.3 is 18.3 Å². The Kier molecular flexibility index (Phi) is 8.57. The third-order valence-corrected chi connectivity index (χ3v) is 6.55. The number of nitrogens with zero attached hydrogens (tertiary/aromatic N) is 2. The van der Waals surface area contributed by atoms with Crippen molar-refractivity contribution in [3.63, 3.8) is 0 Å². The number of ether oxygens (including phenoxy) is 1. The summed E-state index contributed by atoms with van der Waals surface area (Å²) in [5, 5.41) is -0.210. The summed E-state index contributed by atoms with van der Waals surface area (Å²) in [4.78, 5) is 15.5. The van der Waals surface area contributed by atoms with Gasteiger partial charge in [0.25, 0.3) is 0 Å². The highest BCUT2D eigenvalue weighted by Crippen LogP contribution is 2.44. The first-order valence-corrected chi connectivity index (χ1v) is 11.6. The molecule has 0 fully saturated rings. The first-order valence-electron chi connectivity index (χ1n) is 9.64. The van der Waals surface area contributed by atoms with E-state index in [9.17, 15) is 35.3 Å². The quantitative estimate of drug-likeness (QED) is 0.250. The van der Waals surface area contributed by atoms with Gasteiger partial charge in [-0.3, -0.25) is 0 Å². The van der Waals surface area contributed by atoms with Gasteiger partial charge in [0, 0.05) is 22.9 Å². The van der Waals surface area contributed by atoms with Crippen LogP contribution >= 0.6 is 11.8 Å². The maximum atomic E-state index is 13.9. The van der Waals surface area contributed by atoms with Gasteiger partial charge in [0.1, 0.15) is 16.0 Å². The summed E-state index contributed by atoms with van der Waals surface area (Å²) < 4.78 is 102. The Balaban J connectivity index is 2.78. The lowest BCUT2D eigenvalue weighted by Crippen LogP contribution is -2.20. The number of aromatic nitrogens is 1. The van der Waals surface area contributed by atoms with E-state index in [0.717, 1.165) is 0 Å². The monoisotopic (exact) mass is 526 g/mol. The van der Waals surface area contributed by atoms with Crippen LogP contribution in [0.4, 0.5) is 26.3 Å². The SMILES string of the molecule is CCOC(=O)c1cccnc1Sc1c(/C=N/S(=O)C(C)(C)C)cc(C(F)(F)F)cc1C(F)(F)F. The largest absolute Gasteiger partial charge is 0.462 e. The van der Waals surface area contributed by atoms with Crippen molar-refractivity contribution in [1.82, 2.24) is 4.98 Å². The van der Waals surface area contributed by atoms with E-state index in [1.807, 2.05) is 0 Å². The average Bonchev–Trinajstić information content (AvgIpc) is 2.70. The summed E-state index contributed by atoms with van der Waals surface area (Å²) in [6.07, 6.45) is -8.35. The van der Waals surface area contributed by atoms with E-state index in [-0.39, 0.29) is 23.3 Å². The minimum absolute atomic E-state index is 0.0115. The molecule has 0 saturated heterocycles. The molecule has 186 valence electrons. The van der Waals surface area contributed by atoms with Gasteiger partial charge in [-0.05, 0) is 52.0 Å². The first kappa shape index (κ1) is 27.8. The molecule has 2 rings (SSSR count). The maximum absolute atomic E-state index is 13.9. The average molecular weight is 527 g/mol. The first-order chi connectivity index (χ1) is 15.6. The summed E-state index contributed by atoms with van der Waals surface area (Å²) in [5.74, 6) is -0.859. The smallest absolute Gasteiger partial charge is 0.417 e. The van der Waals surface area contributed by atoms with Crippen molar-refractivity contribution in [2.75, 3.05) is 6.61 Å². The molecule has 0 N–H and O–H groups in total. The number of alkyl halides is 6. The number of esters is 1. The van der Waals surface area contributed by atoms with Crippen molar-refractivity contribution >= 4 is 34.9 Å². The number of halogens is 6. The van der Waals surface area contributed by atoms with Crippen molar-refractivity contribution in [3.8, 4) is 0 Å². The molecule has 0 radical (unpaired) electrons. The van der Waals surface area contributed by atoms with Crippen LogP contribution in [-0.4, -0.2) is 32.7 Å². The molecule has 0 aliphatic carbocycles. The summed E-state index contributed by atoms with van der Waals surface area (Å²) in [6.45, 7) is 6.15. The van der Waals surface area contributed by atoms with E-state index in [0.29, 0.717) is 24.0 Å². The molecule has 1 heterocycles. The molecule has 0 bridgehead atoms. The van der Waals surface area contributed by atoms with Crippen molar-refractivity contribution < 1.29 is 40.1 Å². The molecular formula is C21H20F6N2O3S2. The minimum atomic E-state index is -5.19. The van der Waals surface area contributed by atoms with E-state index < -0.39 is 55.6 Å². The summed E-state index contributed by atoms with van der Waals surface area (Å²) in [5.41, 5.74) is -3.90. The van der Waals surface area contributed by atoms with Crippen molar-refractivity contribution in [3.05, 3.63) is 52.7 Å². The molecule has 0 spiro atoms. The molecule has 1 atom stereocenters. The lowest BCUT2D eigenvalue weighted by atomic mass is 10.1.